The number of sulfonamides is 1. The minimum absolute atomic E-state index is 0.0653. The van der Waals surface area contributed by atoms with E-state index in [-0.39, 0.29) is 17.5 Å². The van der Waals surface area contributed by atoms with E-state index in [1.54, 1.807) is 6.92 Å². The van der Waals surface area contributed by atoms with E-state index in [0.29, 0.717) is 25.2 Å². The Bertz CT molecular complexity index is 566. The lowest BCUT2D eigenvalue weighted by molar-refractivity contribution is -0.146. The molecule has 1 aromatic rings. The topological polar surface area (TPSA) is 92.4 Å². The van der Waals surface area contributed by atoms with Gasteiger partial charge in [-0.3, -0.25) is 4.79 Å². The van der Waals surface area contributed by atoms with Crippen molar-refractivity contribution in [1.29, 1.82) is 0 Å². The molecule has 0 saturated carbocycles. The number of H-pyrrole nitrogens is 1. The average molecular weight is 287 g/mol. The highest BCUT2D eigenvalue weighted by Crippen LogP contribution is 2.23. The first-order chi connectivity index (χ1) is 8.95. The van der Waals surface area contributed by atoms with Gasteiger partial charge in [-0.05, 0) is 19.8 Å². The first-order valence-electron chi connectivity index (χ1n) is 6.04. The molecule has 1 aliphatic heterocycles. The van der Waals surface area contributed by atoms with Gasteiger partial charge in [-0.1, -0.05) is 0 Å². The Morgan fingerprint density at radius 3 is 2.89 bits per heavy atom. The van der Waals surface area contributed by atoms with Crippen LogP contribution in [0.2, 0.25) is 0 Å². The molecule has 2 heterocycles. The summed E-state index contributed by atoms with van der Waals surface area (Å²) in [6, 6.07) is 0. The van der Waals surface area contributed by atoms with Crippen LogP contribution < -0.4 is 0 Å². The van der Waals surface area contributed by atoms with Crippen LogP contribution in [0.1, 0.15) is 18.7 Å². The predicted molar refractivity (Wildman–Crippen MR) is 66.8 cm³/mol. The third-order valence-electron chi connectivity index (χ3n) is 3.22. The molecule has 106 valence electrons. The van der Waals surface area contributed by atoms with Crippen LogP contribution in [0.4, 0.5) is 0 Å². The number of imidazole rings is 1. The summed E-state index contributed by atoms with van der Waals surface area (Å²) >= 11 is 0. The third kappa shape index (κ3) is 2.79. The van der Waals surface area contributed by atoms with E-state index in [9.17, 15) is 13.2 Å². The van der Waals surface area contributed by atoms with Crippen molar-refractivity contribution in [3.05, 3.63) is 12.0 Å². The highest BCUT2D eigenvalue weighted by atomic mass is 32.2. The van der Waals surface area contributed by atoms with E-state index in [0.717, 1.165) is 0 Å². The molecule has 0 aliphatic carbocycles. The van der Waals surface area contributed by atoms with Crippen LogP contribution >= 0.6 is 0 Å². The number of carbonyl (C=O) groups is 1. The number of carbonyl (C=O) groups excluding carboxylic acids is 1. The van der Waals surface area contributed by atoms with Crippen LogP contribution in [-0.4, -0.2) is 48.9 Å². The number of aryl methyl sites for hydroxylation is 1. The Labute approximate surface area is 112 Å². The molecule has 2 rings (SSSR count). The molecule has 1 aromatic heterocycles. The number of methoxy groups -OCH3 is 1. The molecule has 0 amide bonds. The van der Waals surface area contributed by atoms with E-state index in [2.05, 4.69) is 14.7 Å². The predicted octanol–water partition coefficient (Wildman–Crippen LogP) is 0.292. The van der Waals surface area contributed by atoms with E-state index < -0.39 is 15.9 Å². The van der Waals surface area contributed by atoms with Gasteiger partial charge in [-0.25, -0.2) is 13.4 Å². The van der Waals surface area contributed by atoms with E-state index in [1.165, 1.54) is 17.6 Å². The maximum absolute atomic E-state index is 12.4. The lowest BCUT2D eigenvalue weighted by Crippen LogP contribution is -2.42. The molecular weight excluding hydrogens is 270 g/mol. The van der Waals surface area contributed by atoms with Gasteiger partial charge in [0.25, 0.3) is 10.0 Å². The van der Waals surface area contributed by atoms with Gasteiger partial charge in [0.15, 0.2) is 5.03 Å². The molecular formula is C11H17N3O4S. The van der Waals surface area contributed by atoms with Crippen LogP contribution in [-0.2, 0) is 19.6 Å². The second-order valence-corrected chi connectivity index (χ2v) is 6.46. The van der Waals surface area contributed by atoms with Gasteiger partial charge in [-0.2, -0.15) is 4.31 Å². The minimum Gasteiger partial charge on any atom is -0.469 e. The fraction of sp³-hybridized carbons (Fsp3) is 0.636. The zero-order valence-electron chi connectivity index (χ0n) is 10.9. The van der Waals surface area contributed by atoms with E-state index in [1.807, 2.05) is 0 Å². The van der Waals surface area contributed by atoms with Crippen molar-refractivity contribution in [2.24, 2.45) is 5.92 Å². The fourth-order valence-electron chi connectivity index (χ4n) is 2.19. The van der Waals surface area contributed by atoms with Gasteiger partial charge >= 0.3 is 5.97 Å². The van der Waals surface area contributed by atoms with Crippen molar-refractivity contribution < 1.29 is 17.9 Å². The fourth-order valence-corrected chi connectivity index (χ4v) is 3.67. The van der Waals surface area contributed by atoms with Gasteiger partial charge in [-0.15, -0.1) is 0 Å². The van der Waals surface area contributed by atoms with Crippen LogP contribution in [0.5, 0.6) is 0 Å². The minimum atomic E-state index is -3.61. The monoisotopic (exact) mass is 287 g/mol. The van der Waals surface area contributed by atoms with Crippen LogP contribution in [0.25, 0.3) is 0 Å². The van der Waals surface area contributed by atoms with Crippen molar-refractivity contribution in [1.82, 2.24) is 14.3 Å². The standard InChI is InChI=1S/C11H17N3O4S/c1-8-12-6-10(13-8)19(16,17)14-5-3-4-9(7-14)11(15)18-2/h6,9H,3-5,7H2,1-2H3,(H,12,13). The number of hydrogen-bond donors (Lipinski definition) is 1. The molecule has 0 radical (unpaired) electrons. The number of ether oxygens (including phenoxy) is 1. The maximum atomic E-state index is 12.4. The summed E-state index contributed by atoms with van der Waals surface area (Å²) in [7, 11) is -2.29. The number of piperidine rings is 1. The van der Waals surface area contributed by atoms with Crippen molar-refractivity contribution in [2.75, 3.05) is 20.2 Å². The van der Waals surface area contributed by atoms with Crippen LogP contribution in [0, 0.1) is 12.8 Å². The summed E-state index contributed by atoms with van der Waals surface area (Å²) in [5, 5.41) is 0.0653. The second kappa shape index (κ2) is 5.30. The molecule has 0 spiro atoms. The molecule has 19 heavy (non-hydrogen) atoms. The van der Waals surface area contributed by atoms with E-state index >= 15 is 0 Å². The Kier molecular flexibility index (Phi) is 3.91. The van der Waals surface area contributed by atoms with Gasteiger partial charge in [0.05, 0.1) is 19.2 Å². The zero-order chi connectivity index (χ0) is 14.0. The Hall–Kier alpha value is -1.41. The van der Waals surface area contributed by atoms with Crippen molar-refractivity contribution >= 4 is 16.0 Å². The Morgan fingerprint density at radius 2 is 2.32 bits per heavy atom. The largest absolute Gasteiger partial charge is 0.469 e. The molecule has 1 aliphatic rings. The Balaban J connectivity index is 2.19. The summed E-state index contributed by atoms with van der Waals surface area (Å²) in [5.41, 5.74) is 0. The van der Waals surface area contributed by atoms with Crippen LogP contribution in [0.3, 0.4) is 0 Å². The number of hydrogen-bond acceptors (Lipinski definition) is 5. The van der Waals surface area contributed by atoms with Crippen molar-refractivity contribution in [3.8, 4) is 0 Å². The summed E-state index contributed by atoms with van der Waals surface area (Å²) < 4.78 is 30.7. The van der Waals surface area contributed by atoms with Gasteiger partial charge in [0.2, 0.25) is 0 Å². The number of nitrogens with zero attached hydrogens (tertiary/aromatic N) is 2. The molecule has 0 bridgehead atoms. The Morgan fingerprint density at radius 1 is 1.58 bits per heavy atom. The number of rotatable bonds is 3. The van der Waals surface area contributed by atoms with E-state index in [4.69, 9.17) is 0 Å². The second-order valence-electron chi connectivity index (χ2n) is 4.56. The molecule has 1 N–H and O–H groups in total. The summed E-state index contributed by atoms with van der Waals surface area (Å²) in [5.74, 6) is -0.210. The molecule has 8 heteroatoms. The third-order valence-corrected chi connectivity index (χ3v) is 4.99. The molecule has 1 unspecified atom stereocenters. The van der Waals surface area contributed by atoms with Gasteiger partial charge in [0, 0.05) is 13.1 Å². The smallest absolute Gasteiger partial charge is 0.309 e. The number of aromatic nitrogens is 2. The van der Waals surface area contributed by atoms with Gasteiger partial charge < -0.3 is 9.72 Å². The lowest BCUT2D eigenvalue weighted by atomic mass is 10.0. The molecule has 1 saturated heterocycles. The maximum Gasteiger partial charge on any atom is 0.309 e. The number of nitrogens with one attached hydrogen (secondary N) is 1. The summed E-state index contributed by atoms with van der Waals surface area (Å²) in [6.45, 7) is 2.26. The number of esters is 1. The first-order valence-corrected chi connectivity index (χ1v) is 7.48. The lowest BCUT2D eigenvalue weighted by Gasteiger charge is -2.29. The number of aromatic amines is 1. The summed E-state index contributed by atoms with van der Waals surface area (Å²) in [6.07, 6.45) is 2.60. The normalized spacial score (nSPS) is 21.3. The van der Waals surface area contributed by atoms with Crippen LogP contribution in [0.15, 0.2) is 11.2 Å². The molecule has 1 fully saturated rings. The summed E-state index contributed by atoms with van der Waals surface area (Å²) in [4.78, 5) is 18.1. The van der Waals surface area contributed by atoms with Crippen molar-refractivity contribution in [2.45, 2.75) is 24.8 Å². The quantitative estimate of drug-likeness (QED) is 0.807. The average Bonchev–Trinajstić information content (AvgIpc) is 2.85. The van der Waals surface area contributed by atoms with Crippen molar-refractivity contribution in [3.63, 3.8) is 0 Å². The highest BCUT2D eigenvalue weighted by molar-refractivity contribution is 7.89. The zero-order valence-corrected chi connectivity index (χ0v) is 11.7. The van der Waals surface area contributed by atoms with Gasteiger partial charge in [0.1, 0.15) is 5.82 Å². The molecule has 0 aromatic carbocycles. The SMILES string of the molecule is COC(=O)C1CCCN(S(=O)(=O)c2cnc(C)[nH]2)C1. The molecule has 7 nitrogen and oxygen atoms in total. The molecule has 1 atom stereocenters. The first kappa shape index (κ1) is 14.0. The highest BCUT2D eigenvalue weighted by Gasteiger charge is 2.34.